The van der Waals surface area contributed by atoms with Crippen LogP contribution in [-0.4, -0.2) is 16.1 Å². The van der Waals surface area contributed by atoms with Crippen molar-refractivity contribution in [1.82, 2.24) is 9.78 Å². The Kier molecular flexibility index (Phi) is 3.78. The third-order valence-corrected chi connectivity index (χ3v) is 4.87. The smallest absolute Gasteiger partial charge is 0.153 e. The molecule has 0 fully saturated rings. The van der Waals surface area contributed by atoms with Gasteiger partial charge in [0, 0.05) is 10.7 Å². The van der Waals surface area contributed by atoms with Gasteiger partial charge in [0.25, 0.3) is 0 Å². The van der Waals surface area contributed by atoms with E-state index in [0.29, 0.717) is 5.56 Å². The summed E-state index contributed by atoms with van der Waals surface area (Å²) in [6.45, 7) is 4.06. The van der Waals surface area contributed by atoms with Crippen molar-refractivity contribution in [1.29, 1.82) is 0 Å². The summed E-state index contributed by atoms with van der Waals surface area (Å²) >= 11 is 5.06. The van der Waals surface area contributed by atoms with E-state index in [1.54, 1.807) is 22.2 Å². The van der Waals surface area contributed by atoms with Gasteiger partial charge in [-0.1, -0.05) is 15.9 Å². The fourth-order valence-corrected chi connectivity index (χ4v) is 3.67. The van der Waals surface area contributed by atoms with Crippen LogP contribution >= 0.6 is 27.3 Å². The zero-order valence-corrected chi connectivity index (χ0v) is 14.0. The van der Waals surface area contributed by atoms with Crippen molar-refractivity contribution in [3.05, 3.63) is 57.0 Å². The van der Waals surface area contributed by atoms with Crippen molar-refractivity contribution >= 4 is 33.6 Å². The fourth-order valence-electron chi connectivity index (χ4n) is 2.26. The second-order valence-corrected chi connectivity index (χ2v) is 6.69. The van der Waals surface area contributed by atoms with Crippen molar-refractivity contribution in [3.8, 4) is 16.3 Å². The first-order chi connectivity index (χ1) is 10.1. The Labute approximate surface area is 135 Å². The van der Waals surface area contributed by atoms with Crippen molar-refractivity contribution in [3.63, 3.8) is 0 Å². The van der Waals surface area contributed by atoms with Gasteiger partial charge in [-0.3, -0.25) is 4.79 Å². The van der Waals surface area contributed by atoms with Gasteiger partial charge < -0.3 is 0 Å². The van der Waals surface area contributed by atoms with E-state index in [2.05, 4.69) is 21.0 Å². The monoisotopic (exact) mass is 360 g/mol. The van der Waals surface area contributed by atoms with Gasteiger partial charge in [0.05, 0.1) is 16.1 Å². The average Bonchev–Trinajstić information content (AvgIpc) is 3.04. The Morgan fingerprint density at radius 2 is 2.05 bits per heavy atom. The van der Waals surface area contributed by atoms with E-state index in [-0.39, 0.29) is 0 Å². The van der Waals surface area contributed by atoms with E-state index >= 15 is 0 Å². The zero-order valence-electron chi connectivity index (χ0n) is 11.6. The summed E-state index contributed by atoms with van der Waals surface area (Å²) in [6.07, 6.45) is 2.66. The fraction of sp³-hybridized carbons (Fsp3) is 0.125. The second kappa shape index (κ2) is 5.58. The lowest BCUT2D eigenvalue weighted by atomic mass is 10.2. The van der Waals surface area contributed by atoms with Crippen LogP contribution in [0.15, 0.2) is 40.3 Å². The normalized spacial score (nSPS) is 10.8. The van der Waals surface area contributed by atoms with Crippen LogP contribution in [-0.2, 0) is 0 Å². The lowest BCUT2D eigenvalue weighted by Gasteiger charge is -2.06. The third-order valence-electron chi connectivity index (χ3n) is 3.35. The van der Waals surface area contributed by atoms with Crippen LogP contribution in [0.1, 0.15) is 21.5 Å². The number of aldehydes is 1. The summed E-state index contributed by atoms with van der Waals surface area (Å²) in [5.74, 6) is 0. The van der Waals surface area contributed by atoms with Crippen LogP contribution in [0.5, 0.6) is 0 Å². The van der Waals surface area contributed by atoms with Crippen LogP contribution in [0.3, 0.4) is 0 Å². The number of nitrogens with zero attached hydrogens (tertiary/aromatic N) is 2. The van der Waals surface area contributed by atoms with Gasteiger partial charge >= 0.3 is 0 Å². The molecule has 0 radical (unpaired) electrons. The predicted octanol–water partition coefficient (Wildman–Crippen LogP) is 4.79. The van der Waals surface area contributed by atoms with Crippen LogP contribution in [0.2, 0.25) is 0 Å². The number of benzene rings is 1. The summed E-state index contributed by atoms with van der Waals surface area (Å²) < 4.78 is 2.81. The molecule has 0 N–H and O–H groups in total. The highest BCUT2D eigenvalue weighted by Gasteiger charge is 2.15. The van der Waals surface area contributed by atoms with E-state index in [1.165, 1.54) is 0 Å². The number of thiophene rings is 1. The highest BCUT2D eigenvalue weighted by Crippen LogP contribution is 2.31. The molecule has 2 aromatic heterocycles. The number of carbonyl (C=O) groups excluding carboxylic acids is 1. The van der Waals surface area contributed by atoms with E-state index in [9.17, 15) is 4.79 Å². The molecule has 0 aliphatic heterocycles. The van der Waals surface area contributed by atoms with Crippen LogP contribution in [0.25, 0.3) is 16.3 Å². The molecule has 0 bridgehead atoms. The molecular weight excluding hydrogens is 348 g/mol. The van der Waals surface area contributed by atoms with Gasteiger partial charge in [0.1, 0.15) is 5.69 Å². The molecule has 3 nitrogen and oxygen atoms in total. The first-order valence-corrected chi connectivity index (χ1v) is 8.13. The maximum absolute atomic E-state index is 11.4. The maximum atomic E-state index is 11.4. The predicted molar refractivity (Wildman–Crippen MR) is 89.4 cm³/mol. The molecule has 1 aromatic carbocycles. The molecule has 3 rings (SSSR count). The lowest BCUT2D eigenvalue weighted by molar-refractivity contribution is 0.112. The number of rotatable bonds is 3. The summed E-state index contributed by atoms with van der Waals surface area (Å²) in [7, 11) is 0. The Hall–Kier alpha value is -1.72. The number of carbonyl (C=O) groups is 1. The first-order valence-electron chi connectivity index (χ1n) is 6.46. The molecule has 0 aliphatic rings. The van der Waals surface area contributed by atoms with Crippen LogP contribution in [0.4, 0.5) is 0 Å². The Morgan fingerprint density at radius 3 is 2.67 bits per heavy atom. The molecule has 0 amide bonds. The summed E-state index contributed by atoms with van der Waals surface area (Å²) in [6, 6.07) is 8.04. The Morgan fingerprint density at radius 1 is 1.24 bits per heavy atom. The minimum absolute atomic E-state index is 0.614. The van der Waals surface area contributed by atoms with Gasteiger partial charge in [-0.15, -0.1) is 11.3 Å². The molecule has 0 saturated heterocycles. The molecule has 21 heavy (non-hydrogen) atoms. The highest BCUT2D eigenvalue weighted by atomic mass is 79.9. The molecule has 106 valence electrons. The molecule has 0 unspecified atom stereocenters. The molecule has 3 aromatic rings. The van der Waals surface area contributed by atoms with Crippen LogP contribution in [0, 0.1) is 13.8 Å². The highest BCUT2D eigenvalue weighted by molar-refractivity contribution is 9.10. The van der Waals surface area contributed by atoms with Gasteiger partial charge in [-0.05, 0) is 54.6 Å². The van der Waals surface area contributed by atoms with Crippen molar-refractivity contribution in [2.45, 2.75) is 13.8 Å². The lowest BCUT2D eigenvalue weighted by Crippen LogP contribution is -1.97. The van der Waals surface area contributed by atoms with E-state index in [1.807, 2.05) is 43.5 Å². The van der Waals surface area contributed by atoms with Gasteiger partial charge in [-0.2, -0.15) is 5.10 Å². The van der Waals surface area contributed by atoms with Crippen LogP contribution < -0.4 is 0 Å². The van der Waals surface area contributed by atoms with Gasteiger partial charge in [0.15, 0.2) is 6.29 Å². The summed E-state index contributed by atoms with van der Waals surface area (Å²) in [5.41, 5.74) is 4.57. The zero-order chi connectivity index (χ0) is 15.0. The molecule has 0 atom stereocenters. The first kappa shape index (κ1) is 14.2. The second-order valence-electron chi connectivity index (χ2n) is 4.86. The average molecular weight is 361 g/mol. The molecular formula is C16H13BrN2OS. The van der Waals surface area contributed by atoms with Crippen molar-refractivity contribution in [2.24, 2.45) is 0 Å². The molecule has 0 spiro atoms. The van der Waals surface area contributed by atoms with E-state index in [0.717, 1.165) is 38.1 Å². The quantitative estimate of drug-likeness (QED) is 0.629. The number of halogens is 1. The van der Waals surface area contributed by atoms with Gasteiger partial charge in [0.2, 0.25) is 0 Å². The number of aromatic nitrogens is 2. The Balaban J connectivity index is 2.16. The van der Waals surface area contributed by atoms with E-state index < -0.39 is 0 Å². The number of hydrogen-bond acceptors (Lipinski definition) is 3. The summed E-state index contributed by atoms with van der Waals surface area (Å²) in [4.78, 5) is 12.4. The maximum Gasteiger partial charge on any atom is 0.153 e. The molecule has 0 saturated carbocycles. The number of hydrogen-bond donors (Lipinski definition) is 0. The van der Waals surface area contributed by atoms with Crippen molar-refractivity contribution in [2.75, 3.05) is 0 Å². The SMILES string of the molecule is Cc1cc(Br)ccc1-n1cc(C=O)c(-c2sccc2C)n1. The molecule has 0 aliphatic carbocycles. The van der Waals surface area contributed by atoms with Gasteiger partial charge in [-0.25, -0.2) is 4.68 Å². The topological polar surface area (TPSA) is 34.9 Å². The van der Waals surface area contributed by atoms with Crippen molar-refractivity contribution < 1.29 is 4.79 Å². The largest absolute Gasteiger partial charge is 0.298 e. The summed E-state index contributed by atoms with van der Waals surface area (Å²) in [5, 5.41) is 6.64. The van der Waals surface area contributed by atoms with E-state index in [4.69, 9.17) is 0 Å². The Bertz CT molecular complexity index is 820. The minimum Gasteiger partial charge on any atom is -0.298 e. The standard InChI is InChI=1S/C16H13BrN2OS/c1-10-5-6-21-16(10)15-12(9-20)8-19(18-15)14-4-3-13(17)7-11(14)2/h3-9H,1-2H3. The molecule has 5 heteroatoms. The third kappa shape index (κ3) is 2.59. The number of aryl methyl sites for hydroxylation is 2. The molecule has 2 heterocycles. The minimum atomic E-state index is 0.614.